The monoisotopic (exact) mass is 789 g/mol. The lowest BCUT2D eigenvalue weighted by Gasteiger charge is -2.12. The van der Waals surface area contributed by atoms with E-state index in [4.69, 9.17) is 20.5 Å². The second-order valence-corrected chi connectivity index (χ2v) is 12.9. The number of carbonyl (C=O) groups is 6. The number of aromatic carboxylic acids is 2. The Morgan fingerprint density at radius 3 is 1.65 bits per heavy atom. The minimum Gasteiger partial charge on any atom is -0.481 e. The summed E-state index contributed by atoms with van der Waals surface area (Å²) >= 11 is 8.67. The highest BCUT2D eigenvalue weighted by molar-refractivity contribution is 9.09. The fraction of sp³-hybridized carbons (Fsp3) is 0.455. The second-order valence-electron chi connectivity index (χ2n) is 10.4. The summed E-state index contributed by atoms with van der Waals surface area (Å²) in [5.74, 6) is -3.52. The Bertz CT molecular complexity index is 1340. The van der Waals surface area contributed by atoms with E-state index in [1.807, 2.05) is 0 Å². The first-order chi connectivity index (χ1) is 23.3. The number of carbonyl (C=O) groups excluding carboxylic acids is 2. The largest absolute Gasteiger partial charge is 0.481 e. The first-order valence-corrected chi connectivity index (χ1v) is 18.0. The topological polar surface area (TPSA) is 225 Å². The highest BCUT2D eigenvalue weighted by Gasteiger charge is 2.19. The molecule has 2 atom stereocenters. The maximum atomic E-state index is 11.4. The second kappa shape index (κ2) is 27.2. The first-order valence-electron chi connectivity index (χ1n) is 15.1. The SMILES string of the molecule is COC(=O)CCBr.O=C(CCSCCCC(Cc1cccc(C(=O)O)c1)C(=O)O)NO.O=C(O)c1cccc(CC(CCCS)C(=O)O)c1. The lowest BCUT2D eigenvalue weighted by molar-refractivity contribution is -0.142. The molecule has 2 aromatic carbocycles. The predicted octanol–water partition coefficient (Wildman–Crippen LogP) is 5.32. The van der Waals surface area contributed by atoms with Gasteiger partial charge in [0, 0.05) is 17.5 Å². The van der Waals surface area contributed by atoms with Gasteiger partial charge in [-0.25, -0.2) is 15.1 Å². The first kappa shape index (κ1) is 45.4. The molecule has 0 bridgehead atoms. The Kier molecular flexibility index (Phi) is 25.2. The molecule has 0 radical (unpaired) electrons. The van der Waals surface area contributed by atoms with Gasteiger partial charge in [0.15, 0.2) is 0 Å². The number of halogens is 1. The Labute approximate surface area is 303 Å². The van der Waals surface area contributed by atoms with E-state index in [0.29, 0.717) is 54.5 Å². The van der Waals surface area contributed by atoms with Gasteiger partial charge in [0.1, 0.15) is 0 Å². The minimum absolute atomic E-state index is 0.148. The Hall–Kier alpha value is -3.60. The van der Waals surface area contributed by atoms with Crippen LogP contribution in [0, 0.1) is 11.8 Å². The standard InChI is InChI=1S/C16H21NO6S.C13H16O4S.C4H7BrO2/c18-14(17-23)6-8-24-7-2-5-13(16(21)22)10-11-3-1-4-12(9-11)15(19)20;14-12(15)10-4-1-3-9(7-10)8-11(13(16)17)5-2-6-18;1-7-4(6)2-3-5/h1,3-4,9,13,23H,2,5-8,10H2,(H,17,18)(H,19,20)(H,21,22);1,3-4,7,11,18H,2,5-6,8H2,(H,14,15)(H,16,17);2-3H2,1H3. The summed E-state index contributed by atoms with van der Waals surface area (Å²) in [6, 6.07) is 12.7. The van der Waals surface area contributed by atoms with Crippen molar-refractivity contribution in [2.45, 2.75) is 51.4 Å². The molecule has 16 heteroatoms. The highest BCUT2D eigenvalue weighted by Crippen LogP contribution is 2.19. The summed E-state index contributed by atoms with van der Waals surface area (Å²) in [6.07, 6.45) is 3.75. The third-order valence-electron chi connectivity index (χ3n) is 6.69. The van der Waals surface area contributed by atoms with Crippen LogP contribution in [0.4, 0.5) is 0 Å². The molecule has 2 aromatic rings. The van der Waals surface area contributed by atoms with Crippen molar-refractivity contribution >= 4 is 76.1 Å². The van der Waals surface area contributed by atoms with Gasteiger partial charge < -0.3 is 25.2 Å². The molecule has 49 heavy (non-hydrogen) atoms. The lowest BCUT2D eigenvalue weighted by Crippen LogP contribution is -2.19. The Balaban J connectivity index is 0.000000808. The number of hydrogen-bond donors (Lipinski definition) is 7. The number of thiol groups is 1. The highest BCUT2D eigenvalue weighted by atomic mass is 79.9. The number of amides is 1. The Morgan fingerprint density at radius 2 is 1.29 bits per heavy atom. The summed E-state index contributed by atoms with van der Waals surface area (Å²) in [4.78, 5) is 65.2. The van der Waals surface area contributed by atoms with Crippen LogP contribution in [0.5, 0.6) is 0 Å². The molecule has 2 unspecified atom stereocenters. The van der Waals surface area contributed by atoms with E-state index in [-0.39, 0.29) is 29.9 Å². The fourth-order valence-electron chi connectivity index (χ4n) is 4.13. The van der Waals surface area contributed by atoms with E-state index >= 15 is 0 Å². The smallest absolute Gasteiger partial charge is 0.335 e. The molecule has 1 amide bonds. The molecule has 0 aliphatic carbocycles. The van der Waals surface area contributed by atoms with Gasteiger partial charge >= 0.3 is 29.8 Å². The third-order valence-corrected chi connectivity index (χ3v) is 8.47. The van der Waals surface area contributed by atoms with Gasteiger partial charge in [-0.2, -0.15) is 24.4 Å². The number of rotatable bonds is 20. The number of thioether (sulfide) groups is 1. The quantitative estimate of drug-likeness (QED) is 0.0226. The summed E-state index contributed by atoms with van der Waals surface area (Å²) < 4.78 is 4.32. The fourth-order valence-corrected chi connectivity index (χ4v) is 5.54. The number of methoxy groups -OCH3 is 1. The zero-order chi connectivity index (χ0) is 37.2. The van der Waals surface area contributed by atoms with Crippen molar-refractivity contribution < 1.29 is 59.1 Å². The van der Waals surface area contributed by atoms with Gasteiger partial charge in [-0.3, -0.25) is 24.4 Å². The summed E-state index contributed by atoms with van der Waals surface area (Å²) in [5.41, 5.74) is 3.32. The average molecular weight is 791 g/mol. The van der Waals surface area contributed by atoms with Crippen LogP contribution in [0.1, 0.15) is 70.4 Å². The molecule has 0 spiro atoms. The van der Waals surface area contributed by atoms with E-state index in [1.165, 1.54) is 43.1 Å². The van der Waals surface area contributed by atoms with Gasteiger partial charge in [-0.1, -0.05) is 40.2 Å². The molecule has 0 aromatic heterocycles. The van der Waals surface area contributed by atoms with Gasteiger partial charge in [0.25, 0.3) is 0 Å². The molecule has 0 saturated heterocycles. The molecular formula is C33H44BrNO12S2. The van der Waals surface area contributed by atoms with Crippen LogP contribution < -0.4 is 5.48 Å². The van der Waals surface area contributed by atoms with Crippen LogP contribution in [0.3, 0.4) is 0 Å². The van der Waals surface area contributed by atoms with Crippen molar-refractivity contribution in [3.63, 3.8) is 0 Å². The summed E-state index contributed by atoms with van der Waals surface area (Å²) in [7, 11) is 1.38. The minimum atomic E-state index is -1.04. The van der Waals surface area contributed by atoms with E-state index in [0.717, 1.165) is 17.7 Å². The molecule has 6 N–H and O–H groups in total. The number of hydrogen-bond acceptors (Lipinski definition) is 10. The molecule has 0 fully saturated rings. The molecular weight excluding hydrogens is 746 g/mol. The van der Waals surface area contributed by atoms with Crippen LogP contribution in [0.25, 0.3) is 0 Å². The number of ether oxygens (including phenoxy) is 1. The third kappa shape index (κ3) is 21.9. The van der Waals surface area contributed by atoms with Crippen LogP contribution >= 0.6 is 40.3 Å². The maximum Gasteiger partial charge on any atom is 0.335 e. The molecule has 0 heterocycles. The lowest BCUT2D eigenvalue weighted by atomic mass is 9.94. The van der Waals surface area contributed by atoms with E-state index in [2.05, 4.69) is 33.3 Å². The number of carboxylic acid groups (broad SMARTS) is 4. The zero-order valence-electron chi connectivity index (χ0n) is 27.1. The number of nitrogens with one attached hydrogen (secondary N) is 1. The van der Waals surface area contributed by atoms with Gasteiger partial charge in [0.2, 0.25) is 5.91 Å². The molecule has 0 aliphatic heterocycles. The summed E-state index contributed by atoms with van der Waals surface area (Å²) in [5, 5.41) is 45.3. The number of aliphatic carboxylic acids is 2. The van der Waals surface area contributed by atoms with Crippen LogP contribution in [-0.2, 0) is 36.8 Å². The molecule has 2 rings (SSSR count). The van der Waals surface area contributed by atoms with Crippen LogP contribution in [0.15, 0.2) is 48.5 Å². The van der Waals surface area contributed by atoms with Crippen molar-refractivity contribution in [3.05, 3.63) is 70.8 Å². The van der Waals surface area contributed by atoms with E-state index in [1.54, 1.807) is 29.7 Å². The summed E-state index contributed by atoms with van der Waals surface area (Å²) in [6.45, 7) is 0. The average Bonchev–Trinajstić information content (AvgIpc) is 3.08. The normalized spacial score (nSPS) is 11.3. The molecule has 13 nitrogen and oxygen atoms in total. The zero-order valence-corrected chi connectivity index (χ0v) is 30.4. The predicted molar refractivity (Wildman–Crippen MR) is 191 cm³/mol. The number of benzene rings is 2. The number of carboxylic acids is 4. The number of esters is 1. The van der Waals surface area contributed by atoms with Gasteiger partial charge in [-0.15, -0.1) is 0 Å². The van der Waals surface area contributed by atoms with E-state index in [9.17, 15) is 33.9 Å². The van der Waals surface area contributed by atoms with Crippen LogP contribution in [0.2, 0.25) is 0 Å². The molecule has 272 valence electrons. The number of alkyl halides is 1. The van der Waals surface area contributed by atoms with E-state index < -0.39 is 41.6 Å². The number of hydroxylamine groups is 1. The van der Waals surface area contributed by atoms with Crippen molar-refractivity contribution in [2.75, 3.05) is 29.7 Å². The van der Waals surface area contributed by atoms with Crippen molar-refractivity contribution in [2.24, 2.45) is 11.8 Å². The molecule has 0 saturated carbocycles. The van der Waals surface area contributed by atoms with Crippen molar-refractivity contribution in [3.8, 4) is 0 Å². The van der Waals surface area contributed by atoms with Crippen LogP contribution in [-0.4, -0.2) is 91.1 Å². The molecule has 0 aliphatic rings. The maximum absolute atomic E-state index is 11.4. The van der Waals surface area contributed by atoms with Crippen molar-refractivity contribution in [1.29, 1.82) is 0 Å². The van der Waals surface area contributed by atoms with Gasteiger partial charge in [-0.05, 0) is 85.4 Å². The van der Waals surface area contributed by atoms with Crippen molar-refractivity contribution in [1.82, 2.24) is 5.48 Å². The Morgan fingerprint density at radius 1 is 0.796 bits per heavy atom. The van der Waals surface area contributed by atoms with Gasteiger partial charge in [0.05, 0.1) is 36.5 Å².